The number of anilines is 1. The van der Waals surface area contributed by atoms with Crippen molar-refractivity contribution in [2.24, 2.45) is 0 Å². The van der Waals surface area contributed by atoms with Crippen LogP contribution in [0.2, 0.25) is 0 Å². The highest BCUT2D eigenvalue weighted by Crippen LogP contribution is 2.29. The van der Waals surface area contributed by atoms with Crippen molar-refractivity contribution in [2.75, 3.05) is 18.5 Å². The number of amides is 2. The minimum absolute atomic E-state index is 0.114. The van der Waals surface area contributed by atoms with Gasteiger partial charge in [0.1, 0.15) is 0 Å². The second kappa shape index (κ2) is 9.43. The molecule has 1 aromatic heterocycles. The van der Waals surface area contributed by atoms with E-state index in [0.717, 1.165) is 16.1 Å². The van der Waals surface area contributed by atoms with Crippen LogP contribution in [0.1, 0.15) is 36.9 Å². The molecule has 0 radical (unpaired) electrons. The van der Waals surface area contributed by atoms with Crippen molar-refractivity contribution in [3.8, 4) is 0 Å². The summed E-state index contributed by atoms with van der Waals surface area (Å²) in [5, 5.41) is 3.71. The minimum atomic E-state index is -0.499. The summed E-state index contributed by atoms with van der Waals surface area (Å²) >= 11 is 3.22. The van der Waals surface area contributed by atoms with Crippen molar-refractivity contribution >= 4 is 40.2 Å². The zero-order valence-electron chi connectivity index (χ0n) is 16.4. The van der Waals surface area contributed by atoms with Crippen LogP contribution in [0.15, 0.2) is 29.2 Å². The molecule has 0 saturated carbocycles. The molecule has 1 aliphatic heterocycles. The Bertz CT molecular complexity index is 834. The number of benzene rings is 1. The summed E-state index contributed by atoms with van der Waals surface area (Å²) in [7, 11) is 0. The van der Waals surface area contributed by atoms with Gasteiger partial charge in [-0.25, -0.2) is 9.78 Å². The number of hydrogen-bond acceptors (Lipinski definition) is 6. The first-order valence-corrected chi connectivity index (χ1v) is 11.1. The maximum Gasteiger partial charge on any atom is 0.413 e. The van der Waals surface area contributed by atoms with Crippen molar-refractivity contribution < 1.29 is 14.3 Å². The van der Waals surface area contributed by atoms with Gasteiger partial charge in [0.05, 0.1) is 25.3 Å². The highest BCUT2D eigenvalue weighted by Gasteiger charge is 2.24. The van der Waals surface area contributed by atoms with Crippen molar-refractivity contribution in [3.63, 3.8) is 0 Å². The maximum absolute atomic E-state index is 12.7. The molecule has 1 aliphatic rings. The Kier molecular flexibility index (Phi) is 6.96. The van der Waals surface area contributed by atoms with Gasteiger partial charge < -0.3 is 9.64 Å². The standard InChI is InChI=1S/C20H25N3O3S2/c1-4-26-20(25)22-19-21-16-9-10-23(12-17(16)28-19)18(24)11-14-5-7-15(8-6-14)27-13(2)3/h5-8,13H,4,9-12H2,1-3H3,(H,21,22,25). The van der Waals surface area contributed by atoms with E-state index in [-0.39, 0.29) is 5.91 Å². The minimum Gasteiger partial charge on any atom is -0.450 e. The van der Waals surface area contributed by atoms with Crippen molar-refractivity contribution in [3.05, 3.63) is 40.4 Å². The first-order chi connectivity index (χ1) is 13.4. The van der Waals surface area contributed by atoms with Crippen LogP contribution in [0.25, 0.3) is 0 Å². The molecule has 0 atom stereocenters. The summed E-state index contributed by atoms with van der Waals surface area (Å²) in [5.41, 5.74) is 1.98. The molecule has 3 rings (SSSR count). The lowest BCUT2D eigenvalue weighted by molar-refractivity contribution is -0.131. The van der Waals surface area contributed by atoms with E-state index in [1.54, 1.807) is 6.92 Å². The average molecular weight is 420 g/mol. The van der Waals surface area contributed by atoms with Gasteiger partial charge in [-0.1, -0.05) is 37.3 Å². The number of ether oxygens (including phenoxy) is 1. The largest absolute Gasteiger partial charge is 0.450 e. The third kappa shape index (κ3) is 5.48. The zero-order chi connectivity index (χ0) is 20.1. The molecule has 2 heterocycles. The van der Waals surface area contributed by atoms with Crippen LogP contribution in [0, 0.1) is 0 Å². The molecule has 0 unspecified atom stereocenters. The topological polar surface area (TPSA) is 71.5 Å². The molecule has 28 heavy (non-hydrogen) atoms. The number of aromatic nitrogens is 1. The van der Waals surface area contributed by atoms with Gasteiger partial charge in [0.2, 0.25) is 5.91 Å². The Hall–Kier alpha value is -2.06. The molecule has 0 saturated heterocycles. The smallest absolute Gasteiger partial charge is 0.413 e. The molecule has 0 aliphatic carbocycles. The van der Waals surface area contributed by atoms with Crippen LogP contribution in [0.4, 0.5) is 9.93 Å². The number of carbonyl (C=O) groups is 2. The molecular formula is C20H25N3O3S2. The predicted molar refractivity (Wildman–Crippen MR) is 113 cm³/mol. The Morgan fingerprint density at radius 3 is 2.75 bits per heavy atom. The monoisotopic (exact) mass is 419 g/mol. The van der Waals surface area contributed by atoms with E-state index in [4.69, 9.17) is 4.74 Å². The van der Waals surface area contributed by atoms with Crippen LogP contribution in [-0.2, 0) is 28.9 Å². The molecule has 2 amide bonds. The van der Waals surface area contributed by atoms with Gasteiger partial charge in [-0.3, -0.25) is 10.1 Å². The molecule has 6 nitrogen and oxygen atoms in total. The van der Waals surface area contributed by atoms with Gasteiger partial charge in [0, 0.05) is 28.0 Å². The second-order valence-electron chi connectivity index (χ2n) is 6.79. The SMILES string of the molecule is CCOC(=O)Nc1nc2c(s1)CN(C(=O)Cc1ccc(SC(C)C)cc1)CC2. The van der Waals surface area contributed by atoms with Crippen LogP contribution < -0.4 is 5.32 Å². The van der Waals surface area contributed by atoms with Gasteiger partial charge in [-0.15, -0.1) is 11.8 Å². The van der Waals surface area contributed by atoms with Gasteiger partial charge in [-0.2, -0.15) is 0 Å². The van der Waals surface area contributed by atoms with Crippen molar-refractivity contribution in [1.29, 1.82) is 0 Å². The molecule has 8 heteroatoms. The molecule has 150 valence electrons. The molecule has 1 N–H and O–H groups in total. The Morgan fingerprint density at radius 2 is 2.07 bits per heavy atom. The van der Waals surface area contributed by atoms with Crippen LogP contribution >= 0.6 is 23.1 Å². The van der Waals surface area contributed by atoms with Gasteiger partial charge >= 0.3 is 6.09 Å². The van der Waals surface area contributed by atoms with Gasteiger partial charge in [0.15, 0.2) is 5.13 Å². The van der Waals surface area contributed by atoms with Gasteiger partial charge in [-0.05, 0) is 24.6 Å². The number of thiazole rings is 1. The van der Waals surface area contributed by atoms with Gasteiger partial charge in [0.25, 0.3) is 0 Å². The fourth-order valence-electron chi connectivity index (χ4n) is 2.96. The van der Waals surface area contributed by atoms with Crippen LogP contribution in [0.5, 0.6) is 0 Å². The third-order valence-corrected chi connectivity index (χ3v) is 6.23. The number of rotatable bonds is 6. The average Bonchev–Trinajstić information content (AvgIpc) is 3.04. The predicted octanol–water partition coefficient (Wildman–Crippen LogP) is 4.34. The molecule has 0 fully saturated rings. The Morgan fingerprint density at radius 1 is 1.32 bits per heavy atom. The first-order valence-electron chi connectivity index (χ1n) is 9.40. The summed E-state index contributed by atoms with van der Waals surface area (Å²) < 4.78 is 4.88. The van der Waals surface area contributed by atoms with E-state index >= 15 is 0 Å². The summed E-state index contributed by atoms with van der Waals surface area (Å²) in [5.74, 6) is 0.114. The third-order valence-electron chi connectivity index (χ3n) is 4.22. The summed E-state index contributed by atoms with van der Waals surface area (Å²) in [6.07, 6.45) is 0.599. The summed E-state index contributed by atoms with van der Waals surface area (Å²) in [6, 6.07) is 8.23. The summed E-state index contributed by atoms with van der Waals surface area (Å²) in [4.78, 5) is 32.8. The molecule has 1 aromatic carbocycles. The number of carbonyl (C=O) groups excluding carboxylic acids is 2. The fraction of sp³-hybridized carbons (Fsp3) is 0.450. The highest BCUT2D eigenvalue weighted by atomic mass is 32.2. The fourth-order valence-corrected chi connectivity index (χ4v) is 4.81. The van der Waals surface area contributed by atoms with E-state index in [1.165, 1.54) is 16.2 Å². The van der Waals surface area contributed by atoms with E-state index in [1.807, 2.05) is 28.8 Å². The van der Waals surface area contributed by atoms with Crippen molar-refractivity contribution in [2.45, 2.75) is 50.3 Å². The first kappa shape index (κ1) is 20.7. The van der Waals surface area contributed by atoms with E-state index in [9.17, 15) is 9.59 Å². The highest BCUT2D eigenvalue weighted by molar-refractivity contribution is 7.99. The lowest BCUT2D eigenvalue weighted by Crippen LogP contribution is -2.36. The zero-order valence-corrected chi connectivity index (χ0v) is 18.0. The lowest BCUT2D eigenvalue weighted by atomic mass is 10.1. The van der Waals surface area contributed by atoms with E-state index in [2.05, 4.69) is 36.3 Å². The van der Waals surface area contributed by atoms with Crippen LogP contribution in [-0.4, -0.2) is 40.3 Å². The Labute approximate surface area is 173 Å². The molecule has 2 aromatic rings. The normalized spacial score (nSPS) is 13.4. The van der Waals surface area contributed by atoms with Crippen LogP contribution in [0.3, 0.4) is 0 Å². The number of nitrogens with zero attached hydrogens (tertiary/aromatic N) is 2. The molecule has 0 bridgehead atoms. The summed E-state index contributed by atoms with van der Waals surface area (Å²) in [6.45, 7) is 7.59. The molecule has 0 spiro atoms. The van der Waals surface area contributed by atoms with Crippen molar-refractivity contribution in [1.82, 2.24) is 9.88 Å². The number of fused-ring (bicyclic) bond motifs is 1. The maximum atomic E-state index is 12.7. The molecular weight excluding hydrogens is 394 g/mol. The number of nitrogens with one attached hydrogen (secondary N) is 1. The second-order valence-corrected chi connectivity index (χ2v) is 9.52. The number of thioether (sulfide) groups is 1. The number of hydrogen-bond donors (Lipinski definition) is 1. The Balaban J connectivity index is 1.58. The van der Waals surface area contributed by atoms with E-state index in [0.29, 0.717) is 42.9 Å². The quantitative estimate of drug-likeness (QED) is 0.705. The lowest BCUT2D eigenvalue weighted by Gasteiger charge is -2.26. The van der Waals surface area contributed by atoms with E-state index < -0.39 is 6.09 Å².